The lowest BCUT2D eigenvalue weighted by Gasteiger charge is -2.10. The van der Waals surface area contributed by atoms with Gasteiger partial charge in [-0.1, -0.05) is 34.8 Å². The summed E-state index contributed by atoms with van der Waals surface area (Å²) in [5.74, 6) is -0.0472. The molecule has 2 N–H and O–H groups in total. The first-order valence-electron chi connectivity index (χ1n) is 4.85. The van der Waals surface area contributed by atoms with Gasteiger partial charge in [0.1, 0.15) is 11.6 Å². The van der Waals surface area contributed by atoms with Crippen LogP contribution in [0.2, 0.25) is 15.1 Å². The molecule has 0 saturated heterocycles. The van der Waals surface area contributed by atoms with E-state index in [-0.39, 0.29) is 21.5 Å². The Bertz CT molecular complexity index is 604. The molecule has 2 nitrogen and oxygen atoms in total. The number of anilines is 1. The van der Waals surface area contributed by atoms with Gasteiger partial charge in [-0.15, -0.1) is 0 Å². The Morgan fingerprint density at radius 3 is 2.28 bits per heavy atom. The van der Waals surface area contributed by atoms with E-state index in [1.54, 1.807) is 0 Å². The third-order valence-corrected chi connectivity index (χ3v) is 3.19. The first kappa shape index (κ1) is 13.3. The van der Waals surface area contributed by atoms with Crippen molar-refractivity contribution in [2.75, 3.05) is 5.73 Å². The number of halogens is 4. The highest BCUT2D eigenvalue weighted by Gasteiger charge is 2.10. The highest BCUT2D eigenvalue weighted by molar-refractivity contribution is 6.43. The molecule has 0 unspecified atom stereocenters. The van der Waals surface area contributed by atoms with Gasteiger partial charge in [-0.2, -0.15) is 0 Å². The maximum absolute atomic E-state index is 13.1. The quantitative estimate of drug-likeness (QED) is 0.614. The summed E-state index contributed by atoms with van der Waals surface area (Å²) in [6.45, 7) is 0. The Hall–Kier alpha value is -1.16. The van der Waals surface area contributed by atoms with Crippen LogP contribution >= 0.6 is 34.8 Å². The molecule has 2 aromatic carbocycles. The Morgan fingerprint density at radius 1 is 0.889 bits per heavy atom. The highest BCUT2D eigenvalue weighted by Crippen LogP contribution is 2.37. The van der Waals surface area contributed by atoms with Gasteiger partial charge in [0.2, 0.25) is 0 Å². The van der Waals surface area contributed by atoms with Gasteiger partial charge in [-0.05, 0) is 18.2 Å². The normalized spacial score (nSPS) is 10.4. The first-order valence-corrected chi connectivity index (χ1v) is 5.98. The Morgan fingerprint density at radius 2 is 1.56 bits per heavy atom. The Labute approximate surface area is 118 Å². The molecule has 18 heavy (non-hydrogen) atoms. The molecule has 2 rings (SSSR count). The molecule has 0 aliphatic rings. The smallest absolute Gasteiger partial charge is 0.153 e. The van der Waals surface area contributed by atoms with Crippen LogP contribution in [0.3, 0.4) is 0 Å². The SMILES string of the molecule is Nc1ccc(F)cc1Oc1cc(Cl)c(Cl)cc1Cl. The standard InChI is InChI=1S/C12H7Cl3FNO/c13-7-4-9(15)11(5-8(7)14)18-12-3-6(16)1-2-10(12)17/h1-5H,17H2. The number of nitrogens with two attached hydrogens (primary N) is 1. The molecule has 0 radical (unpaired) electrons. The van der Waals surface area contributed by atoms with Gasteiger partial charge in [-0.25, -0.2) is 4.39 Å². The van der Waals surface area contributed by atoms with Crippen LogP contribution in [0.15, 0.2) is 30.3 Å². The molecule has 0 fully saturated rings. The van der Waals surface area contributed by atoms with E-state index in [9.17, 15) is 4.39 Å². The summed E-state index contributed by atoms with van der Waals surface area (Å²) in [7, 11) is 0. The van der Waals surface area contributed by atoms with Crippen molar-refractivity contribution in [2.24, 2.45) is 0 Å². The molecule has 0 saturated carbocycles. The number of ether oxygens (including phenoxy) is 1. The summed E-state index contributed by atoms with van der Waals surface area (Å²) >= 11 is 17.6. The Kier molecular flexibility index (Phi) is 3.85. The fourth-order valence-corrected chi connectivity index (χ4v) is 1.87. The van der Waals surface area contributed by atoms with Gasteiger partial charge in [0.05, 0.1) is 20.8 Å². The molecule has 0 bridgehead atoms. The molecular weight excluding hydrogens is 299 g/mol. The van der Waals surface area contributed by atoms with Crippen molar-refractivity contribution in [1.82, 2.24) is 0 Å². The number of nitrogen functional groups attached to an aromatic ring is 1. The predicted octanol–water partition coefficient (Wildman–Crippen LogP) is 5.16. The fourth-order valence-electron chi connectivity index (χ4n) is 1.30. The largest absolute Gasteiger partial charge is 0.453 e. The van der Waals surface area contributed by atoms with E-state index in [0.717, 1.165) is 6.07 Å². The predicted molar refractivity (Wildman–Crippen MR) is 72.4 cm³/mol. The van der Waals surface area contributed by atoms with E-state index in [1.807, 2.05) is 0 Å². The van der Waals surface area contributed by atoms with Gasteiger partial charge in [0.15, 0.2) is 5.75 Å². The second-order valence-corrected chi connectivity index (χ2v) is 4.70. The molecule has 2 aromatic rings. The minimum absolute atomic E-state index is 0.162. The first-order chi connectivity index (χ1) is 8.47. The Balaban J connectivity index is 2.40. The zero-order valence-electron chi connectivity index (χ0n) is 8.88. The van der Waals surface area contributed by atoms with Crippen molar-refractivity contribution in [1.29, 1.82) is 0 Å². The zero-order chi connectivity index (χ0) is 13.3. The number of hydrogen-bond donors (Lipinski definition) is 1. The molecule has 0 atom stereocenters. The summed E-state index contributed by atoms with van der Waals surface area (Å²) < 4.78 is 18.5. The minimum atomic E-state index is -0.463. The molecule has 0 amide bonds. The summed E-state index contributed by atoms with van der Waals surface area (Å²) in [4.78, 5) is 0. The monoisotopic (exact) mass is 305 g/mol. The van der Waals surface area contributed by atoms with Crippen LogP contribution in [-0.2, 0) is 0 Å². The van der Waals surface area contributed by atoms with Crippen LogP contribution in [-0.4, -0.2) is 0 Å². The molecule has 6 heteroatoms. The minimum Gasteiger partial charge on any atom is -0.453 e. The third-order valence-electron chi connectivity index (χ3n) is 2.17. The lowest BCUT2D eigenvalue weighted by molar-refractivity contribution is 0.479. The van der Waals surface area contributed by atoms with E-state index in [1.165, 1.54) is 24.3 Å². The highest BCUT2D eigenvalue weighted by atomic mass is 35.5. The molecule has 0 aliphatic carbocycles. The van der Waals surface area contributed by atoms with E-state index < -0.39 is 5.82 Å². The second-order valence-electron chi connectivity index (χ2n) is 3.48. The van der Waals surface area contributed by atoms with Crippen molar-refractivity contribution in [2.45, 2.75) is 0 Å². The van der Waals surface area contributed by atoms with Crippen LogP contribution in [0.1, 0.15) is 0 Å². The molecule has 0 spiro atoms. The number of hydrogen-bond acceptors (Lipinski definition) is 2. The van der Waals surface area contributed by atoms with E-state index >= 15 is 0 Å². The molecule has 0 aliphatic heterocycles. The summed E-state index contributed by atoms with van der Waals surface area (Å²) in [6, 6.07) is 6.68. The molecule has 0 heterocycles. The third kappa shape index (κ3) is 2.80. The lowest BCUT2D eigenvalue weighted by atomic mass is 10.3. The fraction of sp³-hybridized carbons (Fsp3) is 0. The summed E-state index contributed by atoms with van der Waals surface area (Å²) in [6.07, 6.45) is 0. The van der Waals surface area contributed by atoms with Crippen molar-refractivity contribution in [3.63, 3.8) is 0 Å². The average molecular weight is 307 g/mol. The van der Waals surface area contributed by atoms with E-state index in [0.29, 0.717) is 10.7 Å². The van der Waals surface area contributed by atoms with Gasteiger partial charge in [-0.3, -0.25) is 0 Å². The summed E-state index contributed by atoms with van der Waals surface area (Å²) in [5, 5.41) is 0.848. The maximum Gasteiger partial charge on any atom is 0.153 e. The molecular formula is C12H7Cl3FNO. The van der Waals surface area contributed by atoms with Crippen molar-refractivity contribution in [3.8, 4) is 11.5 Å². The van der Waals surface area contributed by atoms with Gasteiger partial charge in [0, 0.05) is 12.1 Å². The molecule has 94 valence electrons. The van der Waals surface area contributed by atoms with Crippen LogP contribution in [0, 0.1) is 5.82 Å². The number of rotatable bonds is 2. The van der Waals surface area contributed by atoms with Gasteiger partial charge in [0.25, 0.3) is 0 Å². The summed E-state index contributed by atoms with van der Waals surface area (Å²) in [5.41, 5.74) is 5.95. The van der Waals surface area contributed by atoms with Crippen molar-refractivity contribution >= 4 is 40.5 Å². The van der Waals surface area contributed by atoms with Crippen LogP contribution < -0.4 is 10.5 Å². The van der Waals surface area contributed by atoms with Gasteiger partial charge < -0.3 is 10.5 Å². The van der Waals surface area contributed by atoms with Crippen molar-refractivity contribution < 1.29 is 9.13 Å². The van der Waals surface area contributed by atoms with Crippen molar-refractivity contribution in [3.05, 3.63) is 51.2 Å². The van der Waals surface area contributed by atoms with E-state index in [2.05, 4.69) is 0 Å². The van der Waals surface area contributed by atoms with Crippen LogP contribution in [0.5, 0.6) is 11.5 Å². The molecule has 0 aromatic heterocycles. The maximum atomic E-state index is 13.1. The van der Waals surface area contributed by atoms with Crippen LogP contribution in [0.25, 0.3) is 0 Å². The second kappa shape index (κ2) is 5.22. The average Bonchev–Trinajstić information content (AvgIpc) is 2.30. The van der Waals surface area contributed by atoms with Gasteiger partial charge >= 0.3 is 0 Å². The van der Waals surface area contributed by atoms with E-state index in [4.69, 9.17) is 45.3 Å². The van der Waals surface area contributed by atoms with Crippen LogP contribution in [0.4, 0.5) is 10.1 Å². The number of benzene rings is 2. The topological polar surface area (TPSA) is 35.2 Å². The lowest BCUT2D eigenvalue weighted by Crippen LogP contribution is -1.93. The zero-order valence-corrected chi connectivity index (χ0v) is 11.2.